The number of nitrogens with zero attached hydrogens (tertiary/aromatic N) is 1. The molecule has 0 spiro atoms. The van der Waals surface area contributed by atoms with Gasteiger partial charge in [-0.3, -0.25) is 0 Å². The van der Waals surface area contributed by atoms with Gasteiger partial charge in [-0.25, -0.2) is 0 Å². The monoisotopic (exact) mass is 621 g/mol. The molecule has 6 aromatic rings. The first-order valence-corrected chi connectivity index (χ1v) is 16.1. The second-order valence-electron chi connectivity index (χ2n) is 10.8. The Morgan fingerprint density at radius 3 is 1.59 bits per heavy atom. The minimum atomic E-state index is -0.588. The molecule has 1 nitrogen and oxygen atoms in total. The number of hydrogen-bond acceptors (Lipinski definition) is 1. The molecule has 0 aliphatic carbocycles. The summed E-state index contributed by atoms with van der Waals surface area (Å²) in [4.78, 5) is 5.13. The van der Waals surface area contributed by atoms with Gasteiger partial charge in [0, 0.05) is 0 Å². The molecule has 2 heteroatoms. The molecule has 0 saturated carbocycles. The predicted octanol–water partition coefficient (Wildman–Crippen LogP) is 10.2. The van der Waals surface area contributed by atoms with Gasteiger partial charge in [-0.15, -0.1) is 0 Å². The van der Waals surface area contributed by atoms with Crippen molar-refractivity contribution in [2.45, 2.75) is 39.5 Å². The van der Waals surface area contributed by atoms with Gasteiger partial charge in [0.05, 0.1) is 0 Å². The first-order chi connectivity index (χ1) is 19.0. The van der Waals surface area contributed by atoms with Crippen molar-refractivity contribution in [1.29, 1.82) is 0 Å². The van der Waals surface area contributed by atoms with E-state index in [1.807, 2.05) is 0 Å². The van der Waals surface area contributed by atoms with E-state index in [2.05, 4.69) is 143 Å². The molecule has 1 aromatic heterocycles. The van der Waals surface area contributed by atoms with Crippen LogP contribution >= 0.6 is 0 Å². The summed E-state index contributed by atoms with van der Waals surface area (Å²) in [6, 6.07) is 42.0. The van der Waals surface area contributed by atoms with Crippen LogP contribution in [-0.4, -0.2) is 25.4 Å². The third-order valence-electron chi connectivity index (χ3n) is 7.47. The standard InChI is InChI=1S/C37H33NTe/c1-24(2)32-22-30(28-20-18-27(19-21-28)26-12-7-5-8-13-26)23-33(25(3)4)35(32)31-16-11-17-34-36(31)39-37(38-34)29-14-9-6-10-15-29/h5-25H,1-4H3. The van der Waals surface area contributed by atoms with E-state index in [4.69, 9.17) is 4.98 Å². The molecule has 39 heavy (non-hydrogen) atoms. The Kier molecular flexibility index (Phi) is 7.26. The van der Waals surface area contributed by atoms with Crippen molar-refractivity contribution in [2.24, 2.45) is 0 Å². The molecule has 6 rings (SSSR count). The Morgan fingerprint density at radius 2 is 1.03 bits per heavy atom. The molecule has 0 N–H and O–H groups in total. The number of aromatic nitrogens is 1. The van der Waals surface area contributed by atoms with Gasteiger partial charge in [0.25, 0.3) is 0 Å². The molecule has 0 atom stereocenters. The second-order valence-corrected chi connectivity index (χ2v) is 13.7. The Hall–Kier alpha value is -3.44. The molecule has 0 unspecified atom stereocenters. The van der Waals surface area contributed by atoms with Crippen LogP contribution in [0.2, 0.25) is 0 Å². The van der Waals surface area contributed by atoms with Crippen LogP contribution in [-0.2, 0) is 0 Å². The molecular weight excluding hydrogens is 586 g/mol. The van der Waals surface area contributed by atoms with Crippen molar-refractivity contribution in [3.63, 3.8) is 0 Å². The van der Waals surface area contributed by atoms with Crippen LogP contribution in [0, 0.1) is 0 Å². The van der Waals surface area contributed by atoms with Crippen LogP contribution in [0.5, 0.6) is 0 Å². The fourth-order valence-electron chi connectivity index (χ4n) is 5.41. The summed E-state index contributed by atoms with van der Waals surface area (Å²) in [6.07, 6.45) is 0. The van der Waals surface area contributed by atoms with Crippen molar-refractivity contribution in [1.82, 2.24) is 4.98 Å². The van der Waals surface area contributed by atoms with Crippen molar-refractivity contribution < 1.29 is 0 Å². The fourth-order valence-corrected chi connectivity index (χ4v) is 8.52. The Labute approximate surface area is 241 Å². The molecule has 0 bridgehead atoms. The summed E-state index contributed by atoms with van der Waals surface area (Å²) >= 11 is -0.588. The first-order valence-electron chi connectivity index (χ1n) is 13.8. The zero-order chi connectivity index (χ0) is 26.9. The molecule has 0 aliphatic heterocycles. The fraction of sp³-hybridized carbons (Fsp3) is 0.162. The van der Waals surface area contributed by atoms with Crippen LogP contribution in [0.4, 0.5) is 0 Å². The normalized spacial score (nSPS) is 11.5. The van der Waals surface area contributed by atoms with Gasteiger partial charge in [-0.2, -0.15) is 0 Å². The predicted molar refractivity (Wildman–Crippen MR) is 169 cm³/mol. The van der Waals surface area contributed by atoms with E-state index in [-0.39, 0.29) is 0 Å². The summed E-state index contributed by atoms with van der Waals surface area (Å²) in [5, 5.41) is 0. The van der Waals surface area contributed by atoms with Gasteiger partial charge in [0.15, 0.2) is 0 Å². The zero-order valence-corrected chi connectivity index (χ0v) is 25.3. The second kappa shape index (κ2) is 11.0. The molecule has 192 valence electrons. The SMILES string of the molecule is CC(C)c1cc(-c2ccc(-c3ccccc3)cc2)cc(C(C)C)c1-c1cccc2nc(-c3ccccc3)[te]c12. The molecule has 5 aromatic carbocycles. The average Bonchev–Trinajstić information content (AvgIpc) is 3.42. The van der Waals surface area contributed by atoms with Crippen LogP contribution in [0.15, 0.2) is 115 Å². The Bertz CT molecular complexity index is 1700. The Balaban J connectivity index is 1.50. The first kappa shape index (κ1) is 25.8. The topological polar surface area (TPSA) is 12.9 Å². The van der Waals surface area contributed by atoms with E-state index < -0.39 is 20.4 Å². The van der Waals surface area contributed by atoms with E-state index in [0.29, 0.717) is 11.8 Å². The van der Waals surface area contributed by atoms with Gasteiger partial charge >= 0.3 is 225 Å². The maximum absolute atomic E-state index is 5.13. The summed E-state index contributed by atoms with van der Waals surface area (Å²) in [5.41, 5.74) is 13.2. The van der Waals surface area contributed by atoms with Crippen LogP contribution in [0.25, 0.3) is 51.6 Å². The summed E-state index contributed by atoms with van der Waals surface area (Å²) in [5.74, 6) is 0.821. The summed E-state index contributed by atoms with van der Waals surface area (Å²) in [6.45, 7) is 9.32. The molecule has 0 amide bonds. The van der Waals surface area contributed by atoms with Gasteiger partial charge in [-0.05, 0) is 0 Å². The molecule has 1 heterocycles. The summed E-state index contributed by atoms with van der Waals surface area (Å²) in [7, 11) is 0. The van der Waals surface area contributed by atoms with Crippen molar-refractivity contribution in [3.8, 4) is 42.7 Å². The van der Waals surface area contributed by atoms with E-state index in [1.165, 1.54) is 62.7 Å². The van der Waals surface area contributed by atoms with E-state index in [0.717, 1.165) is 0 Å². The van der Waals surface area contributed by atoms with Gasteiger partial charge in [0.1, 0.15) is 0 Å². The van der Waals surface area contributed by atoms with Crippen LogP contribution in [0.1, 0.15) is 50.7 Å². The van der Waals surface area contributed by atoms with Gasteiger partial charge < -0.3 is 0 Å². The molecule has 0 saturated heterocycles. The van der Waals surface area contributed by atoms with Crippen LogP contribution in [0.3, 0.4) is 0 Å². The summed E-state index contributed by atoms with van der Waals surface area (Å²) < 4.78 is 2.77. The van der Waals surface area contributed by atoms with E-state index >= 15 is 0 Å². The number of rotatable bonds is 6. The van der Waals surface area contributed by atoms with Crippen molar-refractivity contribution >= 4 is 29.3 Å². The zero-order valence-electron chi connectivity index (χ0n) is 23.0. The number of hydrogen-bond donors (Lipinski definition) is 0. The van der Waals surface area contributed by atoms with Gasteiger partial charge in [-0.1, -0.05) is 18.2 Å². The number of benzene rings is 5. The van der Waals surface area contributed by atoms with E-state index in [1.54, 1.807) is 0 Å². The van der Waals surface area contributed by atoms with Crippen molar-refractivity contribution in [2.75, 3.05) is 0 Å². The quantitative estimate of drug-likeness (QED) is 0.169. The minimum absolute atomic E-state index is 0.411. The molecule has 0 aliphatic rings. The van der Waals surface area contributed by atoms with Crippen molar-refractivity contribution in [3.05, 3.63) is 126 Å². The van der Waals surface area contributed by atoms with Crippen LogP contribution < -0.4 is 0 Å². The van der Waals surface area contributed by atoms with Gasteiger partial charge in [0.2, 0.25) is 0 Å². The number of fused-ring (bicyclic) bond motifs is 1. The maximum atomic E-state index is 5.13. The molecular formula is C37H33NTe. The molecule has 0 radical (unpaired) electrons. The van der Waals surface area contributed by atoms with E-state index in [9.17, 15) is 0 Å². The molecule has 0 fully saturated rings. The average molecular weight is 619 g/mol. The third kappa shape index (κ3) is 5.12. The third-order valence-corrected chi connectivity index (χ3v) is 10.8. The Morgan fingerprint density at radius 1 is 0.513 bits per heavy atom.